The Morgan fingerprint density at radius 3 is 2.48 bits per heavy atom. The maximum atomic E-state index is 13.6. The van der Waals surface area contributed by atoms with Crippen LogP contribution in [0.4, 0.5) is 11.4 Å². The van der Waals surface area contributed by atoms with Crippen LogP contribution >= 0.6 is 46.7 Å². The summed E-state index contributed by atoms with van der Waals surface area (Å²) in [5.74, 6) is -0.0463. The summed E-state index contributed by atoms with van der Waals surface area (Å²) in [7, 11) is 1.96. The predicted octanol–water partition coefficient (Wildman–Crippen LogP) is 7.21. The Balaban J connectivity index is 1.51. The number of nitrogens with zero attached hydrogens (tertiary/aromatic N) is 3. The lowest BCUT2D eigenvalue weighted by atomic mass is 10.1. The van der Waals surface area contributed by atoms with Crippen LogP contribution in [-0.4, -0.2) is 29.6 Å². The van der Waals surface area contributed by atoms with Crippen molar-refractivity contribution in [2.45, 2.75) is 11.3 Å². The smallest absolute Gasteiger partial charge is 0.269 e. The van der Waals surface area contributed by atoms with Gasteiger partial charge in [0.05, 0.1) is 21.4 Å². The molecule has 0 N–H and O–H groups in total. The SMILES string of the molecule is CN1C(=C2SC(=Nc3ccccc3Cl)N(CCc3ccccc3)C2=O)Sc2ccc(Cl)cc21. The fraction of sp³-hybridized carbons (Fsp3) is 0.120. The van der Waals surface area contributed by atoms with Crippen molar-refractivity contribution in [1.29, 1.82) is 0 Å². The van der Waals surface area contributed by atoms with E-state index in [0.29, 0.717) is 32.4 Å². The van der Waals surface area contributed by atoms with Crippen LogP contribution in [0.3, 0.4) is 0 Å². The molecular formula is C25H19Cl2N3OS2. The Labute approximate surface area is 211 Å². The molecule has 3 aromatic rings. The standard InChI is InChI=1S/C25H19Cl2N3OS2/c1-29-20-15-17(26)11-12-21(20)32-24(29)22-23(31)30(14-13-16-7-3-2-4-8-16)25(33-22)28-19-10-6-5-9-18(19)27/h2-12,15H,13-14H2,1H3. The van der Waals surface area contributed by atoms with E-state index in [1.165, 1.54) is 17.3 Å². The van der Waals surface area contributed by atoms with Crippen LogP contribution in [0.5, 0.6) is 0 Å². The second kappa shape index (κ2) is 9.47. The summed E-state index contributed by atoms with van der Waals surface area (Å²) in [5, 5.41) is 2.74. The number of carbonyl (C=O) groups excluding carboxylic acids is 1. The van der Waals surface area contributed by atoms with E-state index < -0.39 is 0 Å². The van der Waals surface area contributed by atoms with E-state index in [4.69, 9.17) is 28.2 Å². The highest BCUT2D eigenvalue weighted by molar-refractivity contribution is 8.19. The van der Waals surface area contributed by atoms with Gasteiger partial charge in [0.2, 0.25) is 0 Å². The molecule has 1 saturated heterocycles. The first kappa shape index (κ1) is 22.4. The third-order valence-corrected chi connectivity index (χ3v) is 8.37. The molecule has 2 aliphatic heterocycles. The molecule has 0 saturated carbocycles. The van der Waals surface area contributed by atoms with E-state index in [0.717, 1.165) is 22.0 Å². The molecule has 2 heterocycles. The monoisotopic (exact) mass is 511 g/mol. The van der Waals surface area contributed by atoms with E-state index in [2.05, 4.69) is 12.1 Å². The number of aliphatic imine (C=N–C) groups is 1. The van der Waals surface area contributed by atoms with Crippen LogP contribution in [0.25, 0.3) is 0 Å². The van der Waals surface area contributed by atoms with Crippen molar-refractivity contribution in [3.63, 3.8) is 0 Å². The van der Waals surface area contributed by atoms with Gasteiger partial charge in [0.1, 0.15) is 4.91 Å². The summed E-state index contributed by atoms with van der Waals surface area (Å²) < 4.78 is 0. The third-order valence-electron chi connectivity index (χ3n) is 5.39. The van der Waals surface area contributed by atoms with Crippen molar-refractivity contribution in [2.75, 3.05) is 18.5 Å². The number of hydrogen-bond acceptors (Lipinski definition) is 5. The number of fused-ring (bicyclic) bond motifs is 1. The fourth-order valence-corrected chi connectivity index (χ4v) is 6.35. The summed E-state index contributed by atoms with van der Waals surface area (Å²) in [4.78, 5) is 23.9. The normalized spacial score (nSPS) is 19.0. The Morgan fingerprint density at radius 2 is 1.70 bits per heavy atom. The topological polar surface area (TPSA) is 35.9 Å². The van der Waals surface area contributed by atoms with Crippen molar-refractivity contribution in [3.8, 4) is 0 Å². The average Bonchev–Trinajstić information content (AvgIpc) is 3.30. The molecule has 0 spiro atoms. The van der Waals surface area contributed by atoms with Gasteiger partial charge in [0.15, 0.2) is 5.17 Å². The molecule has 0 aliphatic carbocycles. The number of para-hydroxylation sites is 1. The van der Waals surface area contributed by atoms with Crippen LogP contribution in [-0.2, 0) is 11.2 Å². The molecule has 0 unspecified atom stereocenters. The van der Waals surface area contributed by atoms with Crippen molar-refractivity contribution >= 4 is 69.2 Å². The minimum Gasteiger partial charge on any atom is -0.337 e. The molecule has 0 radical (unpaired) electrons. The highest BCUT2D eigenvalue weighted by Gasteiger charge is 2.39. The second-order valence-electron chi connectivity index (χ2n) is 7.55. The molecule has 8 heteroatoms. The molecule has 0 atom stereocenters. The number of anilines is 1. The molecule has 0 aromatic heterocycles. The number of carbonyl (C=O) groups is 1. The molecule has 166 valence electrons. The van der Waals surface area contributed by atoms with Crippen molar-refractivity contribution < 1.29 is 4.79 Å². The third kappa shape index (κ3) is 4.53. The first-order valence-electron chi connectivity index (χ1n) is 10.3. The Hall–Kier alpha value is -2.38. The average molecular weight is 512 g/mol. The second-order valence-corrected chi connectivity index (χ2v) is 10.4. The predicted molar refractivity (Wildman–Crippen MR) is 141 cm³/mol. The minimum atomic E-state index is -0.0463. The number of benzene rings is 3. The molecule has 1 fully saturated rings. The first-order valence-corrected chi connectivity index (χ1v) is 12.7. The Morgan fingerprint density at radius 1 is 0.939 bits per heavy atom. The summed E-state index contributed by atoms with van der Waals surface area (Å²) in [6, 6.07) is 23.3. The van der Waals surface area contributed by atoms with E-state index in [1.807, 2.05) is 66.5 Å². The minimum absolute atomic E-state index is 0.0463. The van der Waals surface area contributed by atoms with Crippen molar-refractivity contribution in [1.82, 2.24) is 4.90 Å². The first-order chi connectivity index (χ1) is 16.0. The fourth-order valence-electron chi connectivity index (χ4n) is 3.67. The van der Waals surface area contributed by atoms with Gasteiger partial charge in [-0.15, -0.1) is 0 Å². The summed E-state index contributed by atoms with van der Waals surface area (Å²) in [6.07, 6.45) is 0.732. The number of hydrogen-bond donors (Lipinski definition) is 0. The van der Waals surface area contributed by atoms with Gasteiger partial charge in [-0.2, -0.15) is 0 Å². The molecule has 1 amide bonds. The molecule has 5 rings (SSSR count). The number of halogens is 2. The lowest BCUT2D eigenvalue weighted by Crippen LogP contribution is -2.31. The van der Waals surface area contributed by atoms with E-state index in [1.54, 1.807) is 22.7 Å². The molecule has 33 heavy (non-hydrogen) atoms. The van der Waals surface area contributed by atoms with Crippen LogP contribution in [0.1, 0.15) is 5.56 Å². The van der Waals surface area contributed by atoms with Crippen LogP contribution in [0, 0.1) is 0 Å². The van der Waals surface area contributed by atoms with E-state index >= 15 is 0 Å². The molecule has 0 bridgehead atoms. The van der Waals surface area contributed by atoms with Crippen molar-refractivity contribution in [3.05, 3.63) is 98.3 Å². The lowest BCUT2D eigenvalue weighted by molar-refractivity contribution is -0.122. The zero-order valence-electron chi connectivity index (χ0n) is 17.7. The molecule has 3 aromatic carbocycles. The highest BCUT2D eigenvalue weighted by atomic mass is 35.5. The van der Waals surface area contributed by atoms with Gasteiger partial charge in [0, 0.05) is 23.5 Å². The Bertz CT molecular complexity index is 1290. The van der Waals surface area contributed by atoms with Crippen molar-refractivity contribution in [2.24, 2.45) is 4.99 Å². The van der Waals surface area contributed by atoms with Crippen LogP contribution in [0.15, 0.2) is 92.6 Å². The highest BCUT2D eigenvalue weighted by Crippen LogP contribution is 2.50. The summed E-state index contributed by atoms with van der Waals surface area (Å²) >= 11 is 15.5. The number of rotatable bonds is 4. The van der Waals surface area contributed by atoms with Gasteiger partial charge in [-0.1, -0.05) is 77.4 Å². The van der Waals surface area contributed by atoms with Crippen LogP contribution in [0.2, 0.25) is 10.0 Å². The summed E-state index contributed by atoms with van der Waals surface area (Å²) in [6.45, 7) is 0.531. The zero-order chi connectivity index (χ0) is 22.9. The quantitative estimate of drug-likeness (QED) is 0.346. The van der Waals surface area contributed by atoms with Gasteiger partial charge in [-0.05, 0) is 54.1 Å². The molecular weight excluding hydrogens is 493 g/mol. The number of thioether (sulfide) groups is 2. The van der Waals surface area contributed by atoms with Gasteiger partial charge < -0.3 is 4.90 Å². The molecule has 2 aliphatic rings. The van der Waals surface area contributed by atoms with Gasteiger partial charge in [-0.25, -0.2) is 4.99 Å². The number of amidine groups is 1. The van der Waals surface area contributed by atoms with E-state index in [9.17, 15) is 4.79 Å². The van der Waals surface area contributed by atoms with Gasteiger partial charge >= 0.3 is 0 Å². The lowest BCUT2D eigenvalue weighted by Gasteiger charge is -2.17. The van der Waals surface area contributed by atoms with Gasteiger partial charge in [-0.3, -0.25) is 9.69 Å². The zero-order valence-corrected chi connectivity index (χ0v) is 20.8. The number of amides is 1. The molecule has 4 nitrogen and oxygen atoms in total. The largest absolute Gasteiger partial charge is 0.337 e. The van der Waals surface area contributed by atoms with E-state index in [-0.39, 0.29) is 5.91 Å². The maximum absolute atomic E-state index is 13.6. The Kier molecular flexibility index (Phi) is 6.43. The van der Waals surface area contributed by atoms with Crippen LogP contribution < -0.4 is 4.90 Å². The van der Waals surface area contributed by atoms with Gasteiger partial charge in [0.25, 0.3) is 5.91 Å². The summed E-state index contributed by atoms with van der Waals surface area (Å²) in [5.41, 5.74) is 2.81. The maximum Gasteiger partial charge on any atom is 0.269 e.